The predicted molar refractivity (Wildman–Crippen MR) is 80.1 cm³/mol. The Morgan fingerprint density at radius 3 is 2.65 bits per heavy atom. The molecule has 6 nitrogen and oxygen atoms in total. The van der Waals surface area contributed by atoms with Crippen LogP contribution >= 0.6 is 11.3 Å². The van der Waals surface area contributed by atoms with Crippen molar-refractivity contribution in [1.29, 1.82) is 0 Å². The van der Waals surface area contributed by atoms with Crippen LogP contribution < -0.4 is 10.5 Å². The van der Waals surface area contributed by atoms with E-state index in [1.54, 1.807) is 11.3 Å². The molecule has 0 unspecified atom stereocenters. The third-order valence-corrected chi connectivity index (χ3v) is 5.59. The van der Waals surface area contributed by atoms with Gasteiger partial charge in [-0.15, -0.1) is 11.3 Å². The van der Waals surface area contributed by atoms with Crippen LogP contribution in [0.4, 0.5) is 5.82 Å². The third-order valence-electron chi connectivity index (χ3n) is 3.02. The summed E-state index contributed by atoms with van der Waals surface area (Å²) in [5.41, 5.74) is 6.82. The first-order valence-corrected chi connectivity index (χ1v) is 8.52. The first-order chi connectivity index (χ1) is 9.33. The molecule has 2 aromatic heterocycles. The molecule has 0 spiro atoms. The van der Waals surface area contributed by atoms with Gasteiger partial charge in [-0.2, -0.15) is 5.10 Å². The highest BCUT2D eigenvalue weighted by atomic mass is 32.2. The highest BCUT2D eigenvalue weighted by molar-refractivity contribution is 7.89. The van der Waals surface area contributed by atoms with E-state index < -0.39 is 10.0 Å². The van der Waals surface area contributed by atoms with E-state index >= 15 is 0 Å². The van der Waals surface area contributed by atoms with Crippen molar-refractivity contribution in [3.05, 3.63) is 27.6 Å². The maximum atomic E-state index is 12.2. The zero-order valence-electron chi connectivity index (χ0n) is 11.7. The summed E-state index contributed by atoms with van der Waals surface area (Å²) in [4.78, 5) is 2.20. The molecule has 0 amide bonds. The minimum absolute atomic E-state index is 0.0258. The van der Waals surface area contributed by atoms with Gasteiger partial charge in [0.2, 0.25) is 10.0 Å². The van der Waals surface area contributed by atoms with E-state index in [-0.39, 0.29) is 17.3 Å². The Morgan fingerprint density at radius 2 is 2.15 bits per heavy atom. The first kappa shape index (κ1) is 15.0. The van der Waals surface area contributed by atoms with Gasteiger partial charge in [0.15, 0.2) is 5.82 Å². The molecular formula is C12H18N4O2S2. The number of thiophene rings is 1. The highest BCUT2D eigenvalue weighted by Crippen LogP contribution is 2.22. The summed E-state index contributed by atoms with van der Waals surface area (Å²) in [6.45, 7) is 6.73. The maximum absolute atomic E-state index is 12.2. The lowest BCUT2D eigenvalue weighted by Crippen LogP contribution is -2.23. The van der Waals surface area contributed by atoms with Gasteiger partial charge in [0.25, 0.3) is 0 Å². The molecule has 0 saturated carbocycles. The van der Waals surface area contributed by atoms with Crippen LogP contribution in [-0.4, -0.2) is 18.2 Å². The molecule has 0 aliphatic rings. The van der Waals surface area contributed by atoms with Gasteiger partial charge in [0.05, 0.1) is 0 Å². The van der Waals surface area contributed by atoms with Crippen molar-refractivity contribution < 1.29 is 8.42 Å². The van der Waals surface area contributed by atoms with Gasteiger partial charge >= 0.3 is 0 Å². The van der Waals surface area contributed by atoms with Gasteiger partial charge in [0, 0.05) is 29.0 Å². The van der Waals surface area contributed by atoms with Crippen LogP contribution in [0.3, 0.4) is 0 Å². The fourth-order valence-electron chi connectivity index (χ4n) is 1.77. The van der Waals surface area contributed by atoms with E-state index in [0.29, 0.717) is 6.54 Å². The number of nitrogens with one attached hydrogen (secondary N) is 1. The number of hydrogen-bond acceptors (Lipinski definition) is 5. The SMILES string of the molecule is CCn1cc(S(=O)(=O)NCc2cc(C)c(C)s2)c(N)n1. The quantitative estimate of drug-likeness (QED) is 0.878. The van der Waals surface area contributed by atoms with E-state index in [1.807, 2.05) is 26.8 Å². The first-order valence-electron chi connectivity index (χ1n) is 6.22. The average Bonchev–Trinajstić information content (AvgIpc) is 2.91. The molecule has 110 valence electrons. The van der Waals surface area contributed by atoms with Crippen LogP contribution in [0, 0.1) is 13.8 Å². The molecule has 0 aromatic carbocycles. The molecule has 0 saturated heterocycles. The van der Waals surface area contributed by atoms with Crippen molar-refractivity contribution in [2.75, 3.05) is 5.73 Å². The van der Waals surface area contributed by atoms with Crippen LogP contribution in [0.2, 0.25) is 0 Å². The lowest BCUT2D eigenvalue weighted by Gasteiger charge is -2.03. The molecule has 20 heavy (non-hydrogen) atoms. The van der Waals surface area contributed by atoms with Gasteiger partial charge in [-0.25, -0.2) is 13.1 Å². The normalized spacial score (nSPS) is 11.9. The lowest BCUT2D eigenvalue weighted by atomic mass is 10.3. The number of aryl methyl sites for hydroxylation is 3. The fourth-order valence-corrected chi connectivity index (χ4v) is 3.93. The molecular weight excluding hydrogens is 296 g/mol. The third kappa shape index (κ3) is 3.02. The minimum Gasteiger partial charge on any atom is -0.381 e. The number of sulfonamides is 1. The van der Waals surface area contributed by atoms with Crippen LogP contribution in [0.5, 0.6) is 0 Å². The zero-order valence-corrected chi connectivity index (χ0v) is 13.3. The van der Waals surface area contributed by atoms with E-state index in [1.165, 1.54) is 21.3 Å². The van der Waals surface area contributed by atoms with Gasteiger partial charge in [-0.05, 0) is 32.4 Å². The summed E-state index contributed by atoms with van der Waals surface area (Å²) in [6, 6.07) is 1.99. The number of nitrogens with zero attached hydrogens (tertiary/aromatic N) is 2. The van der Waals surface area contributed by atoms with E-state index in [4.69, 9.17) is 5.73 Å². The Hall–Kier alpha value is -1.38. The molecule has 2 aromatic rings. The van der Waals surface area contributed by atoms with Crippen molar-refractivity contribution >= 4 is 27.2 Å². The van der Waals surface area contributed by atoms with Crippen LogP contribution in [0.25, 0.3) is 0 Å². The molecule has 0 atom stereocenters. The Kier molecular flexibility index (Phi) is 4.17. The summed E-state index contributed by atoms with van der Waals surface area (Å²) >= 11 is 1.59. The standard InChI is InChI=1S/C12H18N4O2S2/c1-4-16-7-11(12(13)15-16)20(17,18)14-6-10-5-8(2)9(3)19-10/h5,7,14H,4,6H2,1-3H3,(H2,13,15). The lowest BCUT2D eigenvalue weighted by molar-refractivity contribution is 0.581. The van der Waals surface area contributed by atoms with Crippen molar-refractivity contribution in [1.82, 2.24) is 14.5 Å². The monoisotopic (exact) mass is 314 g/mol. The molecule has 0 aliphatic heterocycles. The summed E-state index contributed by atoms with van der Waals surface area (Å²) < 4.78 is 28.5. The number of hydrogen-bond donors (Lipinski definition) is 2. The number of anilines is 1. The van der Waals surface area contributed by atoms with Crippen molar-refractivity contribution in [2.45, 2.75) is 38.8 Å². The van der Waals surface area contributed by atoms with E-state index in [9.17, 15) is 8.42 Å². The second kappa shape index (κ2) is 5.55. The molecule has 0 fully saturated rings. The summed E-state index contributed by atoms with van der Waals surface area (Å²) in [5.74, 6) is 0.0258. The minimum atomic E-state index is -3.63. The van der Waals surface area contributed by atoms with Crippen molar-refractivity contribution in [2.24, 2.45) is 0 Å². The molecule has 0 aliphatic carbocycles. The van der Waals surface area contributed by atoms with Crippen molar-refractivity contribution in [3.8, 4) is 0 Å². The number of nitrogen functional groups attached to an aromatic ring is 1. The predicted octanol–water partition coefficient (Wildman–Crippen LogP) is 1.64. The number of nitrogens with two attached hydrogens (primary N) is 1. The largest absolute Gasteiger partial charge is 0.381 e. The van der Waals surface area contributed by atoms with Crippen LogP contribution in [0.1, 0.15) is 22.2 Å². The van der Waals surface area contributed by atoms with E-state index in [0.717, 1.165) is 4.88 Å². The fraction of sp³-hybridized carbons (Fsp3) is 0.417. The molecule has 3 N–H and O–H groups in total. The number of rotatable bonds is 5. The Labute approximate surface area is 122 Å². The Morgan fingerprint density at radius 1 is 1.45 bits per heavy atom. The van der Waals surface area contributed by atoms with Gasteiger partial charge in [0.1, 0.15) is 4.90 Å². The molecule has 2 rings (SSSR count). The maximum Gasteiger partial charge on any atom is 0.246 e. The summed E-state index contributed by atoms with van der Waals surface area (Å²) in [7, 11) is -3.63. The Balaban J connectivity index is 2.16. The van der Waals surface area contributed by atoms with Crippen LogP contribution in [0.15, 0.2) is 17.2 Å². The molecule has 2 heterocycles. The molecule has 8 heteroatoms. The molecule has 0 radical (unpaired) electrons. The number of aromatic nitrogens is 2. The summed E-state index contributed by atoms with van der Waals surface area (Å²) in [5, 5.41) is 3.95. The zero-order chi connectivity index (χ0) is 14.9. The topological polar surface area (TPSA) is 90.0 Å². The Bertz CT molecular complexity index is 696. The second-order valence-electron chi connectivity index (χ2n) is 4.51. The summed E-state index contributed by atoms with van der Waals surface area (Å²) in [6.07, 6.45) is 1.45. The van der Waals surface area contributed by atoms with Gasteiger partial charge in [-0.3, -0.25) is 4.68 Å². The highest BCUT2D eigenvalue weighted by Gasteiger charge is 2.21. The van der Waals surface area contributed by atoms with Crippen LogP contribution in [-0.2, 0) is 23.1 Å². The van der Waals surface area contributed by atoms with E-state index in [2.05, 4.69) is 9.82 Å². The smallest absolute Gasteiger partial charge is 0.246 e. The van der Waals surface area contributed by atoms with Gasteiger partial charge in [-0.1, -0.05) is 0 Å². The van der Waals surface area contributed by atoms with Crippen molar-refractivity contribution in [3.63, 3.8) is 0 Å². The molecule has 0 bridgehead atoms. The second-order valence-corrected chi connectivity index (χ2v) is 7.59. The van der Waals surface area contributed by atoms with Gasteiger partial charge < -0.3 is 5.73 Å². The average molecular weight is 314 g/mol.